The van der Waals surface area contributed by atoms with E-state index in [-0.39, 0.29) is 5.92 Å². The zero-order valence-electron chi connectivity index (χ0n) is 15.6. The summed E-state index contributed by atoms with van der Waals surface area (Å²) >= 11 is 1.61. The van der Waals surface area contributed by atoms with Crippen molar-refractivity contribution in [2.24, 2.45) is 0 Å². The lowest BCUT2D eigenvalue weighted by atomic mass is 10.1. The quantitative estimate of drug-likeness (QED) is 0.616. The Kier molecular flexibility index (Phi) is 6.39. The number of aryl methyl sites for hydroxylation is 1. The number of ether oxygens (including phenoxy) is 1. The summed E-state index contributed by atoms with van der Waals surface area (Å²) in [6.45, 7) is 4.27. The first-order valence-corrected chi connectivity index (χ1v) is 9.77. The molecule has 1 unspecified atom stereocenters. The lowest BCUT2D eigenvalue weighted by Crippen LogP contribution is -2.37. The molecule has 2 N–H and O–H groups in total. The van der Waals surface area contributed by atoms with Gasteiger partial charge in [0, 0.05) is 18.4 Å². The van der Waals surface area contributed by atoms with E-state index in [4.69, 9.17) is 4.74 Å². The van der Waals surface area contributed by atoms with Crippen molar-refractivity contribution in [2.75, 3.05) is 11.9 Å². The van der Waals surface area contributed by atoms with Gasteiger partial charge in [-0.3, -0.25) is 14.6 Å². The summed E-state index contributed by atoms with van der Waals surface area (Å²) in [7, 11) is 0. The molecule has 0 aliphatic carbocycles. The van der Waals surface area contributed by atoms with E-state index in [1.165, 1.54) is 0 Å². The molecule has 0 saturated carbocycles. The number of hydrogen-bond acceptors (Lipinski definition) is 5. The Morgan fingerprint density at radius 2 is 2.07 bits per heavy atom. The summed E-state index contributed by atoms with van der Waals surface area (Å²) in [6, 6.07) is 10.8. The number of pyridine rings is 1. The second kappa shape index (κ2) is 9.14. The molecule has 0 radical (unpaired) electrons. The van der Waals surface area contributed by atoms with Crippen molar-refractivity contribution >= 4 is 28.8 Å². The fourth-order valence-electron chi connectivity index (χ4n) is 2.56. The Morgan fingerprint density at radius 1 is 1.21 bits per heavy atom. The van der Waals surface area contributed by atoms with Crippen molar-refractivity contribution in [3.8, 4) is 11.5 Å². The summed E-state index contributed by atoms with van der Waals surface area (Å²) in [6.07, 6.45) is 3.29. The molecule has 28 heavy (non-hydrogen) atoms. The molecule has 144 valence electrons. The van der Waals surface area contributed by atoms with Crippen molar-refractivity contribution in [1.82, 2.24) is 10.3 Å². The highest BCUT2D eigenvalue weighted by Gasteiger charge is 2.16. The van der Waals surface area contributed by atoms with Gasteiger partial charge in [-0.15, -0.1) is 0 Å². The first-order valence-electron chi connectivity index (χ1n) is 8.82. The molecule has 3 aromatic rings. The highest BCUT2D eigenvalue weighted by molar-refractivity contribution is 7.08. The third-order valence-electron chi connectivity index (χ3n) is 4.18. The van der Waals surface area contributed by atoms with Crippen molar-refractivity contribution in [2.45, 2.75) is 19.8 Å². The van der Waals surface area contributed by atoms with E-state index in [0.29, 0.717) is 23.7 Å². The van der Waals surface area contributed by atoms with E-state index >= 15 is 0 Å². The number of thiophene rings is 1. The summed E-state index contributed by atoms with van der Waals surface area (Å²) in [4.78, 5) is 28.2. The number of carbonyl (C=O) groups excluding carboxylic acids is 2. The summed E-state index contributed by atoms with van der Waals surface area (Å²) in [5.41, 5.74) is 2.50. The molecule has 7 heteroatoms. The lowest BCUT2D eigenvalue weighted by molar-refractivity contribution is -0.136. The van der Waals surface area contributed by atoms with Crippen LogP contribution in [0.5, 0.6) is 11.5 Å². The zero-order chi connectivity index (χ0) is 19.9. The maximum Gasteiger partial charge on any atom is 0.313 e. The first kappa shape index (κ1) is 19.6. The van der Waals surface area contributed by atoms with E-state index < -0.39 is 11.8 Å². The van der Waals surface area contributed by atoms with Crippen LogP contribution in [0, 0.1) is 6.92 Å². The highest BCUT2D eigenvalue weighted by Crippen LogP contribution is 2.26. The maximum atomic E-state index is 12.1. The maximum absolute atomic E-state index is 12.1. The summed E-state index contributed by atoms with van der Waals surface area (Å²) in [5, 5.41) is 9.31. The Morgan fingerprint density at radius 3 is 2.75 bits per heavy atom. The fraction of sp³-hybridized carbons (Fsp3) is 0.190. The zero-order valence-corrected chi connectivity index (χ0v) is 16.5. The van der Waals surface area contributed by atoms with E-state index in [2.05, 4.69) is 15.6 Å². The normalized spacial score (nSPS) is 11.5. The van der Waals surface area contributed by atoms with Gasteiger partial charge in [0.1, 0.15) is 11.5 Å². The van der Waals surface area contributed by atoms with Crippen LogP contribution < -0.4 is 15.4 Å². The number of nitrogens with one attached hydrogen (secondary N) is 2. The molecular weight excluding hydrogens is 374 g/mol. The molecule has 2 aromatic heterocycles. The topological polar surface area (TPSA) is 80.3 Å². The van der Waals surface area contributed by atoms with Crippen molar-refractivity contribution in [1.29, 1.82) is 0 Å². The highest BCUT2D eigenvalue weighted by atomic mass is 32.1. The average molecular weight is 395 g/mol. The number of amides is 2. The van der Waals surface area contributed by atoms with Crippen LogP contribution in [-0.4, -0.2) is 23.3 Å². The standard InChI is InChI=1S/C21H21N3O3S/c1-14-10-17(5-6-19(14)27-18-4-3-8-22-12-18)24-21(26)20(25)23-11-15(2)16-7-9-28-13-16/h3-10,12-13,15H,11H2,1-2H3,(H,23,25)(H,24,26). The van der Waals surface area contributed by atoms with Gasteiger partial charge in [0.25, 0.3) is 0 Å². The van der Waals surface area contributed by atoms with Crippen LogP contribution in [0.2, 0.25) is 0 Å². The molecule has 1 aromatic carbocycles. The van der Waals surface area contributed by atoms with E-state index in [1.54, 1.807) is 48.0 Å². The van der Waals surface area contributed by atoms with Crippen molar-refractivity contribution in [3.05, 3.63) is 70.7 Å². The molecule has 2 amide bonds. The average Bonchev–Trinajstić information content (AvgIpc) is 3.23. The van der Waals surface area contributed by atoms with Crippen LogP contribution in [0.4, 0.5) is 5.69 Å². The van der Waals surface area contributed by atoms with Crippen LogP contribution in [0.1, 0.15) is 24.0 Å². The van der Waals surface area contributed by atoms with Crippen LogP contribution in [0.15, 0.2) is 59.6 Å². The van der Waals surface area contributed by atoms with Gasteiger partial charge in [-0.1, -0.05) is 6.92 Å². The van der Waals surface area contributed by atoms with Gasteiger partial charge < -0.3 is 15.4 Å². The third kappa shape index (κ3) is 5.17. The number of benzene rings is 1. The predicted molar refractivity (Wildman–Crippen MR) is 110 cm³/mol. The number of anilines is 1. The fourth-order valence-corrected chi connectivity index (χ4v) is 3.35. The number of rotatable bonds is 6. The molecule has 0 bridgehead atoms. The van der Waals surface area contributed by atoms with Crippen LogP contribution >= 0.6 is 11.3 Å². The van der Waals surface area contributed by atoms with Gasteiger partial charge in [0.05, 0.1) is 6.20 Å². The molecular formula is C21H21N3O3S. The minimum atomic E-state index is -0.696. The molecule has 0 saturated heterocycles. The number of aromatic nitrogens is 1. The van der Waals surface area contributed by atoms with Gasteiger partial charge in [-0.05, 0) is 71.1 Å². The van der Waals surface area contributed by atoms with E-state index in [9.17, 15) is 9.59 Å². The van der Waals surface area contributed by atoms with Gasteiger partial charge >= 0.3 is 11.8 Å². The van der Waals surface area contributed by atoms with Gasteiger partial charge in [-0.25, -0.2) is 0 Å². The Hall–Kier alpha value is -3.19. The van der Waals surface area contributed by atoms with E-state index in [1.807, 2.05) is 36.7 Å². The van der Waals surface area contributed by atoms with Crippen LogP contribution in [-0.2, 0) is 9.59 Å². The van der Waals surface area contributed by atoms with Crippen molar-refractivity contribution < 1.29 is 14.3 Å². The summed E-state index contributed by atoms with van der Waals surface area (Å²) in [5.74, 6) is 0.0731. The third-order valence-corrected chi connectivity index (χ3v) is 4.88. The largest absolute Gasteiger partial charge is 0.455 e. The van der Waals surface area contributed by atoms with Gasteiger partial charge in [0.2, 0.25) is 0 Å². The number of hydrogen-bond donors (Lipinski definition) is 2. The van der Waals surface area contributed by atoms with E-state index in [0.717, 1.165) is 11.1 Å². The summed E-state index contributed by atoms with van der Waals surface area (Å²) < 4.78 is 5.76. The molecule has 1 atom stereocenters. The second-order valence-electron chi connectivity index (χ2n) is 6.39. The Labute approximate surface area is 167 Å². The molecule has 2 heterocycles. The second-order valence-corrected chi connectivity index (χ2v) is 7.17. The van der Waals surface area contributed by atoms with Gasteiger partial charge in [-0.2, -0.15) is 11.3 Å². The molecule has 0 spiro atoms. The van der Waals surface area contributed by atoms with Gasteiger partial charge in [0.15, 0.2) is 0 Å². The smallest absolute Gasteiger partial charge is 0.313 e. The molecule has 0 fully saturated rings. The lowest BCUT2D eigenvalue weighted by Gasteiger charge is -2.12. The molecule has 0 aliphatic heterocycles. The minimum absolute atomic E-state index is 0.147. The SMILES string of the molecule is Cc1cc(NC(=O)C(=O)NCC(C)c2ccsc2)ccc1Oc1cccnc1. The number of nitrogens with zero attached hydrogens (tertiary/aromatic N) is 1. The molecule has 3 rings (SSSR count). The van der Waals surface area contributed by atoms with Crippen LogP contribution in [0.25, 0.3) is 0 Å². The number of carbonyl (C=O) groups is 2. The Bertz CT molecular complexity index is 943. The Balaban J connectivity index is 1.54. The van der Waals surface area contributed by atoms with Crippen molar-refractivity contribution in [3.63, 3.8) is 0 Å². The molecule has 6 nitrogen and oxygen atoms in total. The predicted octanol–water partition coefficient (Wildman–Crippen LogP) is 4.10. The minimum Gasteiger partial charge on any atom is -0.455 e. The molecule has 0 aliphatic rings. The monoisotopic (exact) mass is 395 g/mol. The van der Waals surface area contributed by atoms with Crippen LogP contribution in [0.3, 0.4) is 0 Å². The first-order chi connectivity index (χ1) is 13.5.